The third kappa shape index (κ3) is 2.78. The number of rotatable bonds is 3. The fraction of sp³-hybridized carbons (Fsp3) is 0.900. The van der Waals surface area contributed by atoms with Crippen LogP contribution in [0, 0.1) is 5.92 Å². The Morgan fingerprint density at radius 2 is 2.08 bits per heavy atom. The fourth-order valence-corrected chi connectivity index (χ4v) is 1.82. The molecule has 1 aliphatic rings. The SMILES string of the molecule is CCC(=O)C(O)C1CCN(C)CC1. The summed E-state index contributed by atoms with van der Waals surface area (Å²) in [5.74, 6) is 0.193. The number of nitrogens with zero attached hydrogens (tertiary/aromatic N) is 1. The van der Waals surface area contributed by atoms with Gasteiger partial charge in [0.25, 0.3) is 0 Å². The monoisotopic (exact) mass is 185 g/mol. The maximum absolute atomic E-state index is 11.2. The van der Waals surface area contributed by atoms with E-state index in [-0.39, 0.29) is 11.7 Å². The van der Waals surface area contributed by atoms with Crippen LogP contribution in [0.15, 0.2) is 0 Å². The summed E-state index contributed by atoms with van der Waals surface area (Å²) in [5, 5.41) is 9.66. The van der Waals surface area contributed by atoms with Gasteiger partial charge in [-0.1, -0.05) is 6.92 Å². The van der Waals surface area contributed by atoms with Crippen LogP contribution >= 0.6 is 0 Å². The first-order valence-electron chi connectivity index (χ1n) is 5.04. The lowest BCUT2D eigenvalue weighted by Crippen LogP contribution is -2.38. The van der Waals surface area contributed by atoms with Gasteiger partial charge in [0.2, 0.25) is 0 Å². The number of carbonyl (C=O) groups is 1. The van der Waals surface area contributed by atoms with Gasteiger partial charge in [-0.2, -0.15) is 0 Å². The van der Waals surface area contributed by atoms with E-state index in [1.807, 2.05) is 0 Å². The van der Waals surface area contributed by atoms with Gasteiger partial charge < -0.3 is 10.0 Å². The lowest BCUT2D eigenvalue weighted by atomic mass is 9.89. The standard InChI is InChI=1S/C10H19NO2/c1-3-9(12)10(13)8-4-6-11(2)7-5-8/h8,10,13H,3-7H2,1-2H3. The second-order valence-corrected chi connectivity index (χ2v) is 3.91. The first-order chi connectivity index (χ1) is 6.15. The minimum Gasteiger partial charge on any atom is -0.385 e. The van der Waals surface area contributed by atoms with E-state index in [9.17, 15) is 9.90 Å². The van der Waals surface area contributed by atoms with Crippen LogP contribution in [0.2, 0.25) is 0 Å². The Morgan fingerprint density at radius 1 is 1.54 bits per heavy atom. The van der Waals surface area contributed by atoms with Crippen molar-refractivity contribution in [3.05, 3.63) is 0 Å². The van der Waals surface area contributed by atoms with E-state index in [1.165, 1.54) is 0 Å². The van der Waals surface area contributed by atoms with Crippen molar-refractivity contribution in [2.24, 2.45) is 5.92 Å². The summed E-state index contributed by atoms with van der Waals surface area (Å²) in [6.45, 7) is 3.80. The molecule has 13 heavy (non-hydrogen) atoms. The molecule has 0 amide bonds. The average molecular weight is 185 g/mol. The second kappa shape index (κ2) is 4.72. The molecule has 0 spiro atoms. The summed E-state index contributed by atoms with van der Waals surface area (Å²) in [6.07, 6.45) is 1.64. The summed E-state index contributed by atoms with van der Waals surface area (Å²) >= 11 is 0. The minimum atomic E-state index is -0.710. The molecule has 0 aliphatic carbocycles. The van der Waals surface area contributed by atoms with Crippen LogP contribution in [0.4, 0.5) is 0 Å². The summed E-state index contributed by atoms with van der Waals surface area (Å²) in [5.41, 5.74) is 0. The number of Topliss-reactive ketones (excluding diaryl/α,β-unsaturated/α-hetero) is 1. The largest absolute Gasteiger partial charge is 0.385 e. The van der Waals surface area contributed by atoms with Crippen LogP contribution < -0.4 is 0 Å². The molecule has 0 aromatic heterocycles. The van der Waals surface area contributed by atoms with Crippen molar-refractivity contribution in [1.29, 1.82) is 0 Å². The number of aliphatic hydroxyl groups is 1. The zero-order valence-electron chi connectivity index (χ0n) is 8.49. The molecule has 0 saturated carbocycles. The van der Waals surface area contributed by atoms with Gasteiger partial charge in [-0.05, 0) is 38.9 Å². The normalized spacial score (nSPS) is 23.0. The summed E-state index contributed by atoms with van der Waals surface area (Å²) in [4.78, 5) is 13.5. The Hall–Kier alpha value is -0.410. The molecule has 1 rings (SSSR count). The second-order valence-electron chi connectivity index (χ2n) is 3.91. The predicted octanol–water partition coefficient (Wildman–Crippen LogP) is 0.668. The lowest BCUT2D eigenvalue weighted by molar-refractivity contribution is -0.130. The molecule has 0 bridgehead atoms. The number of carbonyl (C=O) groups excluding carboxylic acids is 1. The van der Waals surface area contributed by atoms with Gasteiger partial charge in [0.15, 0.2) is 5.78 Å². The minimum absolute atomic E-state index is 0.00504. The highest BCUT2D eigenvalue weighted by Gasteiger charge is 2.27. The van der Waals surface area contributed by atoms with Crippen molar-refractivity contribution in [3.63, 3.8) is 0 Å². The van der Waals surface area contributed by atoms with Gasteiger partial charge >= 0.3 is 0 Å². The molecule has 1 unspecified atom stereocenters. The Kier molecular flexibility index (Phi) is 3.88. The van der Waals surface area contributed by atoms with Crippen molar-refractivity contribution in [2.75, 3.05) is 20.1 Å². The van der Waals surface area contributed by atoms with Crippen molar-refractivity contribution in [3.8, 4) is 0 Å². The van der Waals surface area contributed by atoms with Gasteiger partial charge in [0.1, 0.15) is 6.10 Å². The van der Waals surface area contributed by atoms with Crippen LogP contribution in [0.3, 0.4) is 0 Å². The smallest absolute Gasteiger partial charge is 0.161 e. The molecule has 3 heteroatoms. The first-order valence-corrected chi connectivity index (χ1v) is 5.04. The van der Waals surface area contributed by atoms with Crippen molar-refractivity contribution in [1.82, 2.24) is 4.90 Å². The molecular formula is C10H19NO2. The molecular weight excluding hydrogens is 166 g/mol. The van der Waals surface area contributed by atoms with Crippen molar-refractivity contribution < 1.29 is 9.90 Å². The average Bonchev–Trinajstić information content (AvgIpc) is 2.17. The fourth-order valence-electron chi connectivity index (χ4n) is 1.82. The van der Waals surface area contributed by atoms with Crippen molar-refractivity contribution in [2.45, 2.75) is 32.3 Å². The van der Waals surface area contributed by atoms with Crippen LogP contribution in [0.5, 0.6) is 0 Å². The third-order valence-electron chi connectivity index (χ3n) is 2.89. The number of piperidine rings is 1. The zero-order valence-corrected chi connectivity index (χ0v) is 8.49. The number of ketones is 1. The Bertz CT molecular complexity index is 174. The Morgan fingerprint density at radius 3 is 2.54 bits per heavy atom. The maximum Gasteiger partial charge on any atom is 0.161 e. The molecule has 0 aromatic rings. The van der Waals surface area contributed by atoms with E-state index in [2.05, 4.69) is 11.9 Å². The molecule has 3 nitrogen and oxygen atoms in total. The van der Waals surface area contributed by atoms with Crippen LogP contribution in [0.1, 0.15) is 26.2 Å². The summed E-state index contributed by atoms with van der Waals surface area (Å²) in [6, 6.07) is 0. The number of likely N-dealkylation sites (tertiary alicyclic amines) is 1. The van der Waals surface area contributed by atoms with E-state index in [0.29, 0.717) is 6.42 Å². The van der Waals surface area contributed by atoms with Crippen LogP contribution in [0.25, 0.3) is 0 Å². The third-order valence-corrected chi connectivity index (χ3v) is 2.89. The van der Waals surface area contributed by atoms with Gasteiger partial charge in [-0.3, -0.25) is 4.79 Å². The highest BCUT2D eigenvalue weighted by atomic mass is 16.3. The summed E-state index contributed by atoms with van der Waals surface area (Å²) < 4.78 is 0. The maximum atomic E-state index is 11.2. The van der Waals surface area contributed by atoms with Gasteiger partial charge in [0.05, 0.1) is 0 Å². The van der Waals surface area contributed by atoms with E-state index in [0.717, 1.165) is 25.9 Å². The van der Waals surface area contributed by atoms with E-state index >= 15 is 0 Å². The molecule has 1 aliphatic heterocycles. The molecule has 1 atom stereocenters. The van der Waals surface area contributed by atoms with E-state index in [4.69, 9.17) is 0 Å². The number of aliphatic hydroxyl groups excluding tert-OH is 1. The molecule has 1 heterocycles. The predicted molar refractivity (Wildman–Crippen MR) is 51.5 cm³/mol. The molecule has 0 aromatic carbocycles. The molecule has 0 radical (unpaired) electrons. The number of hydrogen-bond donors (Lipinski definition) is 1. The Labute approximate surface area is 79.7 Å². The van der Waals surface area contributed by atoms with Crippen molar-refractivity contribution >= 4 is 5.78 Å². The highest BCUT2D eigenvalue weighted by molar-refractivity contribution is 5.82. The zero-order chi connectivity index (χ0) is 9.84. The molecule has 1 fully saturated rings. The molecule has 1 saturated heterocycles. The topological polar surface area (TPSA) is 40.5 Å². The van der Waals surface area contributed by atoms with E-state index in [1.54, 1.807) is 6.92 Å². The molecule has 76 valence electrons. The quantitative estimate of drug-likeness (QED) is 0.702. The lowest BCUT2D eigenvalue weighted by Gasteiger charge is -2.31. The van der Waals surface area contributed by atoms with Gasteiger partial charge in [-0.25, -0.2) is 0 Å². The first kappa shape index (κ1) is 10.7. The highest BCUT2D eigenvalue weighted by Crippen LogP contribution is 2.20. The van der Waals surface area contributed by atoms with Crippen LogP contribution in [-0.2, 0) is 4.79 Å². The Balaban J connectivity index is 2.39. The van der Waals surface area contributed by atoms with E-state index < -0.39 is 6.10 Å². The van der Waals surface area contributed by atoms with Crippen LogP contribution in [-0.4, -0.2) is 42.0 Å². The van der Waals surface area contributed by atoms with Gasteiger partial charge in [0, 0.05) is 6.42 Å². The van der Waals surface area contributed by atoms with Gasteiger partial charge in [-0.15, -0.1) is 0 Å². The number of hydrogen-bond acceptors (Lipinski definition) is 3. The summed E-state index contributed by atoms with van der Waals surface area (Å²) in [7, 11) is 2.07. The molecule has 1 N–H and O–H groups in total.